The number of benzene rings is 2. The Morgan fingerprint density at radius 3 is 2.42 bits per heavy atom. The average Bonchev–Trinajstić information content (AvgIpc) is 2.67. The molecule has 0 aliphatic heterocycles. The first-order valence-corrected chi connectivity index (χ1v) is 8.42. The zero-order chi connectivity index (χ0) is 18.4. The maximum atomic E-state index is 14.1. The number of pyridine rings is 1. The standard InChI is InChI=1S/C21H19F2NO2/c1-2-10-25-17-12-20(23)21(24-13-17)14-26-16-8-9-19(22)18(11-16)15-6-4-3-5-7-15/h3-9,11-13H,2,10,14H2,1H3. The Kier molecular flexibility index (Phi) is 5.79. The van der Waals surface area contributed by atoms with Crippen LogP contribution in [0.5, 0.6) is 11.5 Å². The van der Waals surface area contributed by atoms with Gasteiger partial charge < -0.3 is 9.47 Å². The average molecular weight is 355 g/mol. The fourth-order valence-corrected chi connectivity index (χ4v) is 2.44. The summed E-state index contributed by atoms with van der Waals surface area (Å²) in [5.41, 5.74) is 1.34. The molecule has 134 valence electrons. The smallest absolute Gasteiger partial charge is 0.151 e. The van der Waals surface area contributed by atoms with Crippen molar-refractivity contribution in [3.05, 3.63) is 78.1 Å². The molecule has 0 bridgehead atoms. The van der Waals surface area contributed by atoms with E-state index in [1.54, 1.807) is 6.07 Å². The summed E-state index contributed by atoms with van der Waals surface area (Å²) in [6, 6.07) is 14.9. The van der Waals surface area contributed by atoms with E-state index in [2.05, 4.69) is 4.98 Å². The van der Waals surface area contributed by atoms with Crippen molar-refractivity contribution >= 4 is 0 Å². The van der Waals surface area contributed by atoms with Crippen LogP contribution < -0.4 is 9.47 Å². The minimum Gasteiger partial charge on any atom is -0.492 e. The zero-order valence-electron chi connectivity index (χ0n) is 14.4. The van der Waals surface area contributed by atoms with Crippen LogP contribution in [0, 0.1) is 11.6 Å². The van der Waals surface area contributed by atoms with E-state index in [0.717, 1.165) is 12.0 Å². The molecular formula is C21H19F2NO2. The second-order valence-corrected chi connectivity index (χ2v) is 5.74. The molecule has 0 fully saturated rings. The van der Waals surface area contributed by atoms with Gasteiger partial charge >= 0.3 is 0 Å². The van der Waals surface area contributed by atoms with Crippen molar-refractivity contribution in [2.45, 2.75) is 20.0 Å². The molecule has 3 nitrogen and oxygen atoms in total. The monoisotopic (exact) mass is 355 g/mol. The summed E-state index contributed by atoms with van der Waals surface area (Å²) in [5.74, 6) is -0.00622. The maximum absolute atomic E-state index is 14.1. The van der Waals surface area contributed by atoms with Gasteiger partial charge in [-0.1, -0.05) is 37.3 Å². The third kappa shape index (κ3) is 4.36. The topological polar surface area (TPSA) is 31.4 Å². The van der Waals surface area contributed by atoms with Crippen molar-refractivity contribution in [3.8, 4) is 22.6 Å². The van der Waals surface area contributed by atoms with Crippen LogP contribution in [-0.2, 0) is 6.61 Å². The normalized spacial score (nSPS) is 10.6. The van der Waals surface area contributed by atoms with Crippen LogP contribution in [0.4, 0.5) is 8.78 Å². The van der Waals surface area contributed by atoms with Crippen LogP contribution in [0.2, 0.25) is 0 Å². The van der Waals surface area contributed by atoms with Gasteiger partial charge in [-0.15, -0.1) is 0 Å². The summed E-state index contributed by atoms with van der Waals surface area (Å²) in [4.78, 5) is 4.05. The highest BCUT2D eigenvalue weighted by Crippen LogP contribution is 2.27. The molecule has 0 saturated heterocycles. The molecule has 26 heavy (non-hydrogen) atoms. The first kappa shape index (κ1) is 17.9. The fraction of sp³-hybridized carbons (Fsp3) is 0.190. The second kappa shape index (κ2) is 8.43. The number of nitrogens with zero attached hydrogens (tertiary/aromatic N) is 1. The molecule has 0 spiro atoms. The molecule has 3 aromatic rings. The van der Waals surface area contributed by atoms with Crippen LogP contribution in [0.15, 0.2) is 60.8 Å². The van der Waals surface area contributed by atoms with Crippen molar-refractivity contribution in [2.75, 3.05) is 6.61 Å². The van der Waals surface area contributed by atoms with Crippen LogP contribution in [0.1, 0.15) is 19.0 Å². The van der Waals surface area contributed by atoms with Gasteiger partial charge in [-0.2, -0.15) is 0 Å². The predicted molar refractivity (Wildman–Crippen MR) is 96.1 cm³/mol. The van der Waals surface area contributed by atoms with Gasteiger partial charge in [0.05, 0.1) is 12.8 Å². The van der Waals surface area contributed by atoms with E-state index < -0.39 is 5.82 Å². The summed E-state index contributed by atoms with van der Waals surface area (Å²) < 4.78 is 39.1. The Labute approximate surface area is 151 Å². The van der Waals surface area contributed by atoms with E-state index in [9.17, 15) is 8.78 Å². The summed E-state index contributed by atoms with van der Waals surface area (Å²) >= 11 is 0. The van der Waals surface area contributed by atoms with Crippen molar-refractivity contribution < 1.29 is 18.3 Å². The van der Waals surface area contributed by atoms with E-state index >= 15 is 0 Å². The van der Waals surface area contributed by atoms with Gasteiger partial charge in [0, 0.05) is 11.6 Å². The van der Waals surface area contributed by atoms with Crippen molar-refractivity contribution in [2.24, 2.45) is 0 Å². The van der Waals surface area contributed by atoms with Crippen LogP contribution in [-0.4, -0.2) is 11.6 Å². The van der Waals surface area contributed by atoms with Crippen LogP contribution in [0.3, 0.4) is 0 Å². The van der Waals surface area contributed by atoms with Crippen LogP contribution >= 0.6 is 0 Å². The summed E-state index contributed by atoms with van der Waals surface area (Å²) in [6.07, 6.45) is 2.30. The largest absolute Gasteiger partial charge is 0.492 e. The molecule has 0 unspecified atom stereocenters. The molecule has 3 rings (SSSR count). The quantitative estimate of drug-likeness (QED) is 0.569. The van der Waals surface area contributed by atoms with E-state index in [4.69, 9.17) is 9.47 Å². The minimum absolute atomic E-state index is 0.0558. The maximum Gasteiger partial charge on any atom is 0.151 e. The van der Waals surface area contributed by atoms with E-state index in [0.29, 0.717) is 23.7 Å². The molecule has 1 heterocycles. The summed E-state index contributed by atoms with van der Waals surface area (Å²) in [6.45, 7) is 2.42. The van der Waals surface area contributed by atoms with E-state index in [1.165, 1.54) is 24.4 Å². The van der Waals surface area contributed by atoms with Gasteiger partial charge in [0.1, 0.15) is 29.6 Å². The predicted octanol–water partition coefficient (Wildman–Crippen LogP) is 5.39. The van der Waals surface area contributed by atoms with Gasteiger partial charge in [0.15, 0.2) is 5.82 Å². The SMILES string of the molecule is CCCOc1cnc(COc2ccc(F)c(-c3ccccc3)c2)c(F)c1. The lowest BCUT2D eigenvalue weighted by atomic mass is 10.1. The molecule has 0 radical (unpaired) electrons. The number of hydrogen-bond donors (Lipinski definition) is 0. The first-order chi connectivity index (χ1) is 12.7. The van der Waals surface area contributed by atoms with Gasteiger partial charge in [-0.25, -0.2) is 8.78 Å². The summed E-state index contributed by atoms with van der Waals surface area (Å²) in [7, 11) is 0. The highest BCUT2D eigenvalue weighted by Gasteiger charge is 2.10. The highest BCUT2D eigenvalue weighted by molar-refractivity contribution is 5.65. The van der Waals surface area contributed by atoms with Crippen molar-refractivity contribution in [3.63, 3.8) is 0 Å². The van der Waals surface area contributed by atoms with Crippen molar-refractivity contribution in [1.82, 2.24) is 4.98 Å². The molecule has 0 atom stereocenters. The minimum atomic E-state index is -0.496. The molecule has 1 aromatic heterocycles. The summed E-state index contributed by atoms with van der Waals surface area (Å²) in [5, 5.41) is 0. The van der Waals surface area contributed by atoms with Gasteiger partial charge in [0.2, 0.25) is 0 Å². The second-order valence-electron chi connectivity index (χ2n) is 5.74. The highest BCUT2D eigenvalue weighted by atomic mass is 19.1. The van der Waals surface area contributed by atoms with Gasteiger partial charge in [-0.05, 0) is 30.2 Å². The number of aromatic nitrogens is 1. The Hall–Kier alpha value is -2.95. The first-order valence-electron chi connectivity index (χ1n) is 8.42. The lowest BCUT2D eigenvalue weighted by Gasteiger charge is -2.10. The molecule has 0 saturated carbocycles. The number of ether oxygens (including phenoxy) is 2. The van der Waals surface area contributed by atoms with Crippen molar-refractivity contribution in [1.29, 1.82) is 0 Å². The number of halogens is 2. The lowest BCUT2D eigenvalue weighted by Crippen LogP contribution is -2.03. The molecule has 2 aromatic carbocycles. The van der Waals surface area contributed by atoms with Crippen LogP contribution in [0.25, 0.3) is 11.1 Å². The molecule has 0 N–H and O–H groups in total. The lowest BCUT2D eigenvalue weighted by molar-refractivity contribution is 0.289. The Balaban J connectivity index is 1.72. The Morgan fingerprint density at radius 2 is 1.69 bits per heavy atom. The molecule has 0 aliphatic carbocycles. The Morgan fingerprint density at radius 1 is 0.885 bits per heavy atom. The van der Waals surface area contributed by atoms with Gasteiger partial charge in [0.25, 0.3) is 0 Å². The molecule has 5 heteroatoms. The zero-order valence-corrected chi connectivity index (χ0v) is 14.4. The molecular weight excluding hydrogens is 336 g/mol. The Bertz CT molecular complexity index is 869. The van der Waals surface area contributed by atoms with E-state index in [-0.39, 0.29) is 18.1 Å². The van der Waals surface area contributed by atoms with E-state index in [1.807, 2.05) is 37.3 Å². The number of rotatable bonds is 7. The number of hydrogen-bond acceptors (Lipinski definition) is 3. The van der Waals surface area contributed by atoms with Gasteiger partial charge in [-0.3, -0.25) is 4.98 Å². The third-order valence-electron chi connectivity index (χ3n) is 3.76. The molecule has 0 amide bonds. The fourth-order valence-electron chi connectivity index (χ4n) is 2.44. The third-order valence-corrected chi connectivity index (χ3v) is 3.76. The molecule has 0 aliphatic rings.